The average Bonchev–Trinajstić information content (AvgIpc) is 2.74. The molecule has 0 aliphatic heterocycles. The molecular weight excluding hydrogens is 242 g/mol. The molecule has 86 valence electrons. The van der Waals surface area contributed by atoms with Crippen LogP contribution in [0.5, 0.6) is 0 Å². The highest BCUT2D eigenvalue weighted by molar-refractivity contribution is 6.35. The van der Waals surface area contributed by atoms with Crippen LogP contribution in [0.1, 0.15) is 23.0 Å². The van der Waals surface area contributed by atoms with Gasteiger partial charge < -0.3 is 4.74 Å². The Kier molecular flexibility index (Phi) is 2.98. The van der Waals surface area contributed by atoms with E-state index < -0.39 is 5.97 Å². The molecule has 0 saturated carbocycles. The second-order valence-electron chi connectivity index (χ2n) is 3.22. The number of esters is 1. The quantitative estimate of drug-likeness (QED) is 0.764. The lowest BCUT2D eigenvalue weighted by atomic mass is 10.3. The molecule has 6 heteroatoms. The first-order valence-electron chi connectivity index (χ1n) is 4.92. The molecule has 0 fully saturated rings. The Labute approximate surface area is 102 Å². The fraction of sp³-hybridized carbons (Fsp3) is 0.182. The minimum atomic E-state index is -0.472. The zero-order valence-electron chi connectivity index (χ0n) is 8.98. The monoisotopic (exact) mass is 249 g/mol. The normalized spacial score (nSPS) is 10.2. The van der Waals surface area contributed by atoms with Crippen LogP contribution in [0.3, 0.4) is 0 Å². The minimum Gasteiger partial charge on any atom is -0.461 e. The highest BCUT2D eigenvalue weighted by Gasteiger charge is 2.15. The van der Waals surface area contributed by atoms with Crippen LogP contribution in [0.4, 0.5) is 0 Å². The lowest BCUT2D eigenvalue weighted by Gasteiger charge is -2.03. The summed E-state index contributed by atoms with van der Waals surface area (Å²) < 4.78 is 6.25. The molecule has 0 unspecified atom stereocenters. The zero-order valence-corrected chi connectivity index (χ0v) is 9.73. The summed E-state index contributed by atoms with van der Waals surface area (Å²) >= 11 is 6.00. The van der Waals surface area contributed by atoms with Crippen LogP contribution in [-0.4, -0.2) is 22.2 Å². The second-order valence-corrected chi connectivity index (χ2v) is 3.60. The molecule has 0 aliphatic rings. The zero-order chi connectivity index (χ0) is 12.4. The Morgan fingerprint density at radius 2 is 2.41 bits per heavy atom. The number of carbonyl (C=O) groups is 1. The van der Waals surface area contributed by atoms with Gasteiger partial charge in [-0.05, 0) is 19.1 Å². The van der Waals surface area contributed by atoms with Crippen LogP contribution in [0.15, 0.2) is 18.3 Å². The van der Waals surface area contributed by atoms with Crippen LogP contribution in [0.2, 0.25) is 5.02 Å². The molecule has 2 aromatic rings. The van der Waals surface area contributed by atoms with Crippen molar-refractivity contribution in [3.05, 3.63) is 34.6 Å². The van der Waals surface area contributed by atoms with Crippen LogP contribution < -0.4 is 0 Å². The Morgan fingerprint density at radius 3 is 3.06 bits per heavy atom. The number of nitriles is 1. The number of nitrogens with zero attached hydrogens (tertiary/aromatic N) is 3. The number of ether oxygens (including phenoxy) is 1. The largest absolute Gasteiger partial charge is 0.461 e. The van der Waals surface area contributed by atoms with E-state index in [0.29, 0.717) is 5.52 Å². The molecule has 0 bridgehead atoms. The first-order chi connectivity index (χ1) is 8.19. The molecule has 5 nitrogen and oxygen atoms in total. The highest BCUT2D eigenvalue weighted by Crippen LogP contribution is 2.22. The molecule has 2 heterocycles. The van der Waals surface area contributed by atoms with E-state index in [1.54, 1.807) is 19.1 Å². The Bertz CT molecular complexity index is 627. The van der Waals surface area contributed by atoms with E-state index in [0.717, 1.165) is 0 Å². The van der Waals surface area contributed by atoms with Crippen LogP contribution >= 0.6 is 11.6 Å². The number of fused-ring (bicyclic) bond motifs is 1. The first kappa shape index (κ1) is 11.4. The summed E-state index contributed by atoms with van der Waals surface area (Å²) in [5.74, 6) is -0.472. The van der Waals surface area contributed by atoms with Gasteiger partial charge in [0.1, 0.15) is 6.07 Å². The predicted octanol–water partition coefficient (Wildman–Crippen LogP) is 2.04. The van der Waals surface area contributed by atoms with Crippen molar-refractivity contribution in [2.75, 3.05) is 6.61 Å². The summed E-state index contributed by atoms with van der Waals surface area (Å²) in [7, 11) is 0. The summed E-state index contributed by atoms with van der Waals surface area (Å²) in [6, 6.07) is 5.12. The van der Waals surface area contributed by atoms with Crippen molar-refractivity contribution in [3.63, 3.8) is 0 Å². The first-order valence-corrected chi connectivity index (χ1v) is 5.30. The highest BCUT2D eigenvalue weighted by atomic mass is 35.5. The van der Waals surface area contributed by atoms with Crippen molar-refractivity contribution < 1.29 is 9.53 Å². The Hall–Kier alpha value is -2.06. The summed E-state index contributed by atoms with van der Waals surface area (Å²) in [4.78, 5) is 11.6. The minimum absolute atomic E-state index is 0.271. The number of carbonyl (C=O) groups excluding carboxylic acids is 1. The van der Waals surface area contributed by atoms with Gasteiger partial charge in [0.2, 0.25) is 0 Å². The van der Waals surface area contributed by atoms with Crippen molar-refractivity contribution >= 4 is 23.1 Å². The van der Waals surface area contributed by atoms with Gasteiger partial charge in [-0.25, -0.2) is 9.31 Å². The van der Waals surface area contributed by atoms with Gasteiger partial charge in [0.05, 0.1) is 28.9 Å². The van der Waals surface area contributed by atoms with E-state index in [4.69, 9.17) is 21.6 Å². The number of hydrogen-bond donors (Lipinski definition) is 0. The van der Waals surface area contributed by atoms with Gasteiger partial charge in [0.25, 0.3) is 0 Å². The molecule has 0 amide bonds. The molecule has 0 radical (unpaired) electrons. The summed E-state index contributed by atoms with van der Waals surface area (Å²) in [5.41, 5.74) is 1.06. The second kappa shape index (κ2) is 4.44. The lowest BCUT2D eigenvalue weighted by molar-refractivity contribution is 0.0517. The summed E-state index contributed by atoms with van der Waals surface area (Å²) in [6.07, 6.45) is 1.32. The van der Waals surface area contributed by atoms with E-state index in [1.807, 2.05) is 6.07 Å². The smallest absolute Gasteiger partial charge is 0.356 e. The maximum Gasteiger partial charge on any atom is 0.356 e. The number of rotatable bonds is 2. The molecule has 0 aliphatic carbocycles. The van der Waals surface area contributed by atoms with Gasteiger partial charge in [-0.3, -0.25) is 0 Å². The van der Waals surface area contributed by atoms with Gasteiger partial charge in [0.15, 0.2) is 5.69 Å². The molecular formula is C11H8ClN3O2. The molecule has 0 saturated heterocycles. The van der Waals surface area contributed by atoms with E-state index in [9.17, 15) is 4.79 Å². The van der Waals surface area contributed by atoms with E-state index in [2.05, 4.69) is 5.10 Å². The topological polar surface area (TPSA) is 67.4 Å². The van der Waals surface area contributed by atoms with Crippen molar-refractivity contribution in [2.45, 2.75) is 6.92 Å². The van der Waals surface area contributed by atoms with Gasteiger partial charge in [-0.2, -0.15) is 10.4 Å². The number of aromatic nitrogens is 2. The molecule has 17 heavy (non-hydrogen) atoms. The maximum absolute atomic E-state index is 11.6. The third kappa shape index (κ3) is 1.83. The molecule has 0 aromatic carbocycles. The van der Waals surface area contributed by atoms with Gasteiger partial charge in [0, 0.05) is 0 Å². The Morgan fingerprint density at radius 1 is 1.65 bits per heavy atom. The van der Waals surface area contributed by atoms with E-state index in [-0.39, 0.29) is 22.9 Å². The van der Waals surface area contributed by atoms with Crippen molar-refractivity contribution in [2.24, 2.45) is 0 Å². The van der Waals surface area contributed by atoms with Crippen LogP contribution in [-0.2, 0) is 4.74 Å². The summed E-state index contributed by atoms with van der Waals surface area (Å²) in [6.45, 7) is 2.01. The third-order valence-corrected chi connectivity index (χ3v) is 2.62. The standard InChI is InChI=1S/C11H8ClN3O2/c1-2-17-11(16)9-4-3-8-10(12)7(5-13)6-14-15(8)9/h3-4,6H,2H2,1H3. The van der Waals surface area contributed by atoms with Crippen molar-refractivity contribution in [1.82, 2.24) is 9.61 Å². The van der Waals surface area contributed by atoms with Crippen molar-refractivity contribution in [3.8, 4) is 6.07 Å². The lowest BCUT2D eigenvalue weighted by Crippen LogP contribution is -2.09. The van der Waals surface area contributed by atoms with Gasteiger partial charge in [-0.15, -0.1) is 0 Å². The van der Waals surface area contributed by atoms with Crippen LogP contribution in [0, 0.1) is 11.3 Å². The van der Waals surface area contributed by atoms with E-state index in [1.165, 1.54) is 10.7 Å². The SMILES string of the molecule is CCOC(=O)c1ccc2c(Cl)c(C#N)cnn12. The maximum atomic E-state index is 11.6. The fourth-order valence-corrected chi connectivity index (χ4v) is 1.70. The Balaban J connectivity index is 2.60. The average molecular weight is 250 g/mol. The van der Waals surface area contributed by atoms with Crippen molar-refractivity contribution in [1.29, 1.82) is 5.26 Å². The predicted molar refractivity (Wildman–Crippen MR) is 60.9 cm³/mol. The molecule has 2 rings (SSSR count). The van der Waals surface area contributed by atoms with Gasteiger partial charge >= 0.3 is 5.97 Å². The molecule has 0 N–H and O–H groups in total. The molecule has 0 atom stereocenters. The summed E-state index contributed by atoms with van der Waals surface area (Å²) in [5, 5.41) is 13.1. The fourth-order valence-electron chi connectivity index (χ4n) is 1.47. The molecule has 2 aromatic heterocycles. The van der Waals surface area contributed by atoms with Gasteiger partial charge in [-0.1, -0.05) is 11.6 Å². The number of halogens is 1. The van der Waals surface area contributed by atoms with Crippen LogP contribution in [0.25, 0.3) is 5.52 Å². The molecule has 0 spiro atoms. The number of hydrogen-bond acceptors (Lipinski definition) is 4. The third-order valence-electron chi connectivity index (χ3n) is 2.22. The van der Waals surface area contributed by atoms with E-state index >= 15 is 0 Å².